The molecule has 180 valence electrons. The van der Waals surface area contributed by atoms with Gasteiger partial charge in [-0.15, -0.1) is 0 Å². The maximum Gasteiger partial charge on any atom is 0.240 e. The fourth-order valence-electron chi connectivity index (χ4n) is 3.89. The van der Waals surface area contributed by atoms with E-state index in [0.717, 1.165) is 18.4 Å². The van der Waals surface area contributed by atoms with Crippen LogP contribution in [-0.4, -0.2) is 52.1 Å². The van der Waals surface area contributed by atoms with Crippen LogP contribution in [0.5, 0.6) is 11.5 Å². The smallest absolute Gasteiger partial charge is 0.240 e. The number of carbonyl (C=O) groups is 1. The zero-order valence-corrected chi connectivity index (χ0v) is 20.3. The molecule has 0 bridgehead atoms. The summed E-state index contributed by atoms with van der Waals surface area (Å²) in [5, 5.41) is 0. The van der Waals surface area contributed by atoms with Crippen LogP contribution in [0.2, 0.25) is 0 Å². The van der Waals surface area contributed by atoms with Crippen LogP contribution in [0.4, 0.5) is 0 Å². The van der Waals surface area contributed by atoms with Gasteiger partial charge in [0.05, 0.1) is 18.1 Å². The number of benzene rings is 2. The first-order valence-electron chi connectivity index (χ1n) is 11.6. The number of ether oxygens (including phenoxy) is 2. The van der Waals surface area contributed by atoms with Crippen LogP contribution in [0.1, 0.15) is 38.2 Å². The molecule has 2 aromatic rings. The summed E-state index contributed by atoms with van der Waals surface area (Å²) in [6.07, 6.45) is 2.79. The molecule has 0 radical (unpaired) electrons. The number of hydrogen-bond donors (Lipinski definition) is 1. The average Bonchev–Trinajstić information content (AvgIpc) is 2.82. The number of sulfonamides is 1. The van der Waals surface area contributed by atoms with E-state index < -0.39 is 10.0 Å². The van der Waals surface area contributed by atoms with Gasteiger partial charge in [-0.2, -0.15) is 0 Å². The van der Waals surface area contributed by atoms with Crippen molar-refractivity contribution in [2.75, 3.05) is 32.8 Å². The summed E-state index contributed by atoms with van der Waals surface area (Å²) in [6.45, 7) is 6.46. The summed E-state index contributed by atoms with van der Waals surface area (Å²) in [6, 6.07) is 14.3. The lowest BCUT2D eigenvalue weighted by atomic mass is 9.98. The van der Waals surface area contributed by atoms with Gasteiger partial charge in [-0.05, 0) is 63.3 Å². The summed E-state index contributed by atoms with van der Waals surface area (Å²) in [5.41, 5.74) is 1.01. The van der Waals surface area contributed by atoms with Gasteiger partial charge in [-0.3, -0.25) is 4.79 Å². The van der Waals surface area contributed by atoms with Crippen molar-refractivity contribution in [1.82, 2.24) is 9.62 Å². The fourth-order valence-corrected chi connectivity index (χ4v) is 5.01. The molecule has 0 aromatic heterocycles. The lowest BCUT2D eigenvalue weighted by Crippen LogP contribution is -2.43. The number of hydrogen-bond acceptors (Lipinski definition) is 5. The third kappa shape index (κ3) is 7.47. The number of carbonyl (C=O) groups excluding carboxylic acids is 1. The number of piperidine rings is 1. The quantitative estimate of drug-likeness (QED) is 0.501. The van der Waals surface area contributed by atoms with Crippen LogP contribution in [0.15, 0.2) is 53.4 Å². The monoisotopic (exact) mass is 474 g/mol. The second-order valence-corrected chi connectivity index (χ2v) is 10.1. The first-order chi connectivity index (χ1) is 15.9. The van der Waals surface area contributed by atoms with Crippen LogP contribution < -0.4 is 14.2 Å². The molecule has 33 heavy (non-hydrogen) atoms. The highest BCUT2D eigenvalue weighted by molar-refractivity contribution is 7.89. The van der Waals surface area contributed by atoms with Crippen LogP contribution in [0.25, 0.3) is 0 Å². The fraction of sp³-hybridized carbons (Fsp3) is 0.480. The van der Waals surface area contributed by atoms with Crippen molar-refractivity contribution in [3.63, 3.8) is 0 Å². The lowest BCUT2D eigenvalue weighted by Gasteiger charge is -2.33. The van der Waals surface area contributed by atoms with Crippen LogP contribution in [0, 0.1) is 12.8 Å². The number of aryl methyl sites for hydroxylation is 1. The normalized spacial score (nSPS) is 16.4. The zero-order chi connectivity index (χ0) is 23.7. The Hall–Kier alpha value is -2.58. The number of nitrogens with one attached hydrogen (secondary N) is 1. The maximum absolute atomic E-state index is 12.7. The van der Waals surface area contributed by atoms with Gasteiger partial charge in [0.1, 0.15) is 0 Å². The minimum Gasteiger partial charge on any atom is -0.490 e. The van der Waals surface area contributed by atoms with E-state index >= 15 is 0 Å². The predicted molar refractivity (Wildman–Crippen MR) is 128 cm³/mol. The highest BCUT2D eigenvalue weighted by Crippen LogP contribution is 2.26. The largest absolute Gasteiger partial charge is 0.490 e. The van der Waals surface area contributed by atoms with Gasteiger partial charge in [-0.25, -0.2) is 13.1 Å². The van der Waals surface area contributed by atoms with Crippen LogP contribution in [0.3, 0.4) is 0 Å². The Labute approximate surface area is 197 Å². The topological polar surface area (TPSA) is 84.9 Å². The molecule has 1 heterocycles. The van der Waals surface area contributed by atoms with Gasteiger partial charge in [0.2, 0.25) is 15.9 Å². The zero-order valence-electron chi connectivity index (χ0n) is 19.5. The van der Waals surface area contributed by atoms with E-state index in [1.54, 1.807) is 24.3 Å². The van der Waals surface area contributed by atoms with E-state index in [-0.39, 0.29) is 16.7 Å². The van der Waals surface area contributed by atoms with Gasteiger partial charge in [0.25, 0.3) is 0 Å². The first-order valence-corrected chi connectivity index (χ1v) is 13.1. The Morgan fingerprint density at radius 2 is 1.79 bits per heavy atom. The summed E-state index contributed by atoms with van der Waals surface area (Å²) in [5.74, 6) is 1.59. The average molecular weight is 475 g/mol. The van der Waals surface area contributed by atoms with Crippen molar-refractivity contribution in [2.24, 2.45) is 5.92 Å². The number of para-hydroxylation sites is 2. The number of amides is 1. The number of rotatable bonds is 11. The third-order valence-corrected chi connectivity index (χ3v) is 7.15. The molecule has 1 N–H and O–H groups in total. The molecular formula is C25H34N2O5S. The Balaban J connectivity index is 1.42. The molecule has 2 aromatic carbocycles. The molecule has 3 rings (SSSR count). The number of nitrogens with zero attached hydrogens (tertiary/aromatic N) is 1. The summed E-state index contributed by atoms with van der Waals surface area (Å²) in [7, 11) is -3.55. The predicted octanol–water partition coefficient (Wildman–Crippen LogP) is 3.77. The van der Waals surface area contributed by atoms with Gasteiger partial charge in [0.15, 0.2) is 11.5 Å². The van der Waals surface area contributed by atoms with Gasteiger partial charge >= 0.3 is 0 Å². The van der Waals surface area contributed by atoms with Crippen molar-refractivity contribution in [3.8, 4) is 11.5 Å². The molecule has 0 spiro atoms. The van der Waals surface area contributed by atoms with Crippen LogP contribution in [-0.2, 0) is 14.8 Å². The molecule has 1 aliphatic heterocycles. The maximum atomic E-state index is 12.7. The second kappa shape index (κ2) is 12.0. The minimum atomic E-state index is -3.55. The Morgan fingerprint density at radius 1 is 1.09 bits per heavy atom. The van der Waals surface area contributed by atoms with E-state index in [1.807, 2.05) is 43.0 Å². The third-order valence-electron chi connectivity index (χ3n) is 5.71. The summed E-state index contributed by atoms with van der Waals surface area (Å²) >= 11 is 0. The van der Waals surface area contributed by atoms with E-state index in [2.05, 4.69) is 4.72 Å². The summed E-state index contributed by atoms with van der Waals surface area (Å²) < 4.78 is 39.2. The van der Waals surface area contributed by atoms with Crippen molar-refractivity contribution in [2.45, 2.75) is 44.4 Å². The van der Waals surface area contributed by atoms with E-state index in [9.17, 15) is 13.2 Å². The molecule has 0 aliphatic carbocycles. The molecule has 1 unspecified atom stereocenters. The first kappa shape index (κ1) is 25.1. The second-order valence-electron chi connectivity index (χ2n) is 8.34. The van der Waals surface area contributed by atoms with E-state index in [0.29, 0.717) is 57.2 Å². The molecule has 7 nitrogen and oxygen atoms in total. The van der Waals surface area contributed by atoms with Crippen molar-refractivity contribution in [1.29, 1.82) is 0 Å². The molecule has 1 aliphatic rings. The molecule has 0 saturated carbocycles. The van der Waals surface area contributed by atoms with Crippen molar-refractivity contribution in [3.05, 3.63) is 54.1 Å². The van der Waals surface area contributed by atoms with E-state index in [4.69, 9.17) is 9.47 Å². The molecule has 1 saturated heterocycles. The highest BCUT2D eigenvalue weighted by atomic mass is 32.2. The van der Waals surface area contributed by atoms with E-state index in [1.165, 1.54) is 0 Å². The molecule has 8 heteroatoms. The van der Waals surface area contributed by atoms with Gasteiger partial charge in [0, 0.05) is 26.1 Å². The SMILES string of the molecule is CCOc1ccccc1OCCCC(=O)N1CCCC(CNS(=O)(=O)c2ccc(C)cc2)C1. The van der Waals surface area contributed by atoms with Crippen molar-refractivity contribution < 1.29 is 22.7 Å². The molecular weight excluding hydrogens is 440 g/mol. The standard InChI is InChI=1S/C25H34N2O5S/c1-3-31-23-9-4-5-10-24(23)32-17-7-11-25(28)27-16-6-8-21(19-27)18-26-33(29,30)22-14-12-20(2)13-15-22/h4-5,9-10,12-15,21,26H,3,6-8,11,16-19H2,1-2H3. The summed E-state index contributed by atoms with van der Waals surface area (Å²) in [4.78, 5) is 14.8. The Morgan fingerprint density at radius 3 is 2.48 bits per heavy atom. The van der Waals surface area contributed by atoms with Crippen LogP contribution >= 0.6 is 0 Å². The Bertz CT molecular complexity index is 1010. The lowest BCUT2D eigenvalue weighted by molar-refractivity contribution is -0.133. The van der Waals surface area contributed by atoms with Crippen molar-refractivity contribution >= 4 is 15.9 Å². The highest BCUT2D eigenvalue weighted by Gasteiger charge is 2.25. The Kier molecular flexibility index (Phi) is 9.14. The van der Waals surface area contributed by atoms with Gasteiger partial charge < -0.3 is 14.4 Å². The minimum absolute atomic E-state index is 0.0859. The molecule has 1 atom stereocenters. The molecule has 1 amide bonds. The molecule has 1 fully saturated rings. The number of likely N-dealkylation sites (tertiary alicyclic amines) is 1. The van der Waals surface area contributed by atoms with Gasteiger partial charge in [-0.1, -0.05) is 29.8 Å².